The van der Waals surface area contributed by atoms with Gasteiger partial charge in [0.15, 0.2) is 0 Å². The molecule has 2 atom stereocenters. The Morgan fingerprint density at radius 3 is 2.25 bits per heavy atom. The second kappa shape index (κ2) is 12.2. The van der Waals surface area contributed by atoms with E-state index in [0.29, 0.717) is 11.8 Å². The second-order valence-corrected chi connectivity index (χ2v) is 19.9. The first-order valence-electron chi connectivity index (χ1n) is 20.6. The summed E-state index contributed by atoms with van der Waals surface area (Å²) in [5.41, 5.74) is 21.1. The summed E-state index contributed by atoms with van der Waals surface area (Å²) in [6, 6.07) is 28.0. The van der Waals surface area contributed by atoms with Gasteiger partial charge in [-0.1, -0.05) is 94.8 Å². The van der Waals surface area contributed by atoms with Crippen LogP contribution in [0.25, 0.3) is 21.2 Å². The Labute approximate surface area is 333 Å². The number of aryl methyl sites for hydroxylation is 4. The Balaban J connectivity index is 1.30. The molecule has 55 heavy (non-hydrogen) atoms. The van der Waals surface area contributed by atoms with Gasteiger partial charge < -0.3 is 9.80 Å². The molecule has 2 unspecified atom stereocenters. The Morgan fingerprint density at radius 2 is 1.51 bits per heavy atom. The summed E-state index contributed by atoms with van der Waals surface area (Å²) in [6.07, 6.45) is 14.7. The van der Waals surface area contributed by atoms with Crippen molar-refractivity contribution in [1.82, 2.24) is 0 Å². The van der Waals surface area contributed by atoms with Crippen LogP contribution in [0, 0.1) is 50.4 Å². The zero-order valence-electron chi connectivity index (χ0n) is 34.1. The van der Waals surface area contributed by atoms with Gasteiger partial charge in [0, 0.05) is 43.3 Å². The van der Waals surface area contributed by atoms with Crippen LogP contribution in [0.2, 0.25) is 0 Å². The molecule has 4 aromatic carbocycles. The molecule has 3 aliphatic carbocycles. The molecular formula is C51H53BN2S. The fraction of sp³-hybridized carbons (Fsp3) is 0.333. The number of benzene rings is 4. The molecule has 1 aromatic heterocycles. The molecule has 4 heteroatoms. The average molecular weight is 737 g/mol. The molecule has 3 heterocycles. The number of hydrogen-bond donors (Lipinski definition) is 0. The number of thiophene rings is 1. The monoisotopic (exact) mass is 736 g/mol. The lowest BCUT2D eigenvalue weighted by Crippen LogP contribution is -2.56. The van der Waals surface area contributed by atoms with Crippen LogP contribution >= 0.6 is 11.3 Å². The molecule has 0 N–H and O–H groups in total. The topological polar surface area (TPSA) is 6.48 Å². The van der Waals surface area contributed by atoms with E-state index in [2.05, 4.69) is 169 Å². The van der Waals surface area contributed by atoms with Crippen LogP contribution in [0.3, 0.4) is 0 Å². The molecule has 0 amide bonds. The third kappa shape index (κ3) is 5.27. The molecule has 10 rings (SSSR count). The molecule has 0 saturated heterocycles. The van der Waals surface area contributed by atoms with Crippen LogP contribution in [-0.2, 0) is 0 Å². The van der Waals surface area contributed by atoms with Crippen LogP contribution in [0.4, 0.5) is 22.7 Å². The van der Waals surface area contributed by atoms with E-state index in [4.69, 9.17) is 0 Å². The number of hydrogen-bond acceptors (Lipinski definition) is 3. The minimum absolute atomic E-state index is 0.166. The van der Waals surface area contributed by atoms with Crippen LogP contribution in [0.15, 0.2) is 120 Å². The van der Waals surface area contributed by atoms with Gasteiger partial charge in [-0.05, 0) is 163 Å². The van der Waals surface area contributed by atoms with Crippen molar-refractivity contribution in [3.8, 4) is 11.1 Å². The second-order valence-electron chi connectivity index (χ2n) is 18.8. The van der Waals surface area contributed by atoms with Gasteiger partial charge in [-0.25, -0.2) is 0 Å². The summed E-state index contributed by atoms with van der Waals surface area (Å²) < 4.78 is 2.90. The highest BCUT2D eigenvalue weighted by Crippen LogP contribution is 2.59. The van der Waals surface area contributed by atoms with Crippen LogP contribution < -0.4 is 20.0 Å². The van der Waals surface area contributed by atoms with Gasteiger partial charge in [-0.15, -0.1) is 11.3 Å². The van der Waals surface area contributed by atoms with E-state index >= 15 is 0 Å². The van der Waals surface area contributed by atoms with E-state index in [1.165, 1.54) is 106 Å². The van der Waals surface area contributed by atoms with Crippen molar-refractivity contribution < 1.29 is 0 Å². The molecule has 1 saturated carbocycles. The van der Waals surface area contributed by atoms with E-state index < -0.39 is 0 Å². The quantitative estimate of drug-likeness (QED) is 0.170. The van der Waals surface area contributed by atoms with Crippen molar-refractivity contribution in [1.29, 1.82) is 0 Å². The molecule has 5 aromatic rings. The first-order valence-corrected chi connectivity index (χ1v) is 21.4. The maximum Gasteiger partial charge on any atom is 0.264 e. The van der Waals surface area contributed by atoms with Crippen LogP contribution in [0.5, 0.6) is 0 Å². The molecular weight excluding hydrogens is 683 g/mol. The third-order valence-electron chi connectivity index (χ3n) is 14.0. The summed E-state index contributed by atoms with van der Waals surface area (Å²) in [6.45, 7) is 21.8. The van der Waals surface area contributed by atoms with Crippen molar-refractivity contribution in [2.45, 2.75) is 88.0 Å². The number of rotatable bonds is 3. The Bertz CT molecular complexity index is 2580. The molecule has 5 aliphatic rings. The molecule has 2 aliphatic heterocycles. The Kier molecular flexibility index (Phi) is 7.77. The minimum atomic E-state index is 0.166. The predicted octanol–water partition coefficient (Wildman–Crippen LogP) is 13.1. The van der Waals surface area contributed by atoms with E-state index in [1.54, 1.807) is 5.57 Å². The largest absolute Gasteiger partial charge is 0.315 e. The molecule has 1 fully saturated rings. The van der Waals surface area contributed by atoms with Gasteiger partial charge in [0.05, 0.1) is 5.69 Å². The highest BCUT2D eigenvalue weighted by Gasteiger charge is 2.52. The lowest BCUT2D eigenvalue weighted by atomic mass is 9.34. The van der Waals surface area contributed by atoms with Crippen molar-refractivity contribution in [2.24, 2.45) is 22.7 Å². The van der Waals surface area contributed by atoms with Crippen molar-refractivity contribution in [3.05, 3.63) is 142 Å². The smallest absolute Gasteiger partial charge is 0.264 e. The minimum Gasteiger partial charge on any atom is -0.315 e. The maximum atomic E-state index is 2.74. The number of nitrogens with zero attached hydrogens (tertiary/aromatic N) is 2. The zero-order chi connectivity index (χ0) is 38.1. The molecule has 0 spiro atoms. The summed E-state index contributed by atoms with van der Waals surface area (Å²) in [7, 11) is 0. The van der Waals surface area contributed by atoms with Gasteiger partial charge in [-0.2, -0.15) is 0 Å². The lowest BCUT2D eigenvalue weighted by Gasteiger charge is -2.53. The van der Waals surface area contributed by atoms with Gasteiger partial charge in [0.2, 0.25) is 0 Å². The molecule has 2 nitrogen and oxygen atoms in total. The predicted molar refractivity (Wildman–Crippen MR) is 239 cm³/mol. The fourth-order valence-electron chi connectivity index (χ4n) is 10.7. The standard InChI is InChI=1S/C51H53BN2S/c1-30-14-13-17-37(22-30)53-44-23-31(2)24-45-47(44)52(49-48(53)38-26-32(3)33(4)27-46(38)55-49)41-28-39-40(51(8,9)21-20-50(39,6)7)29-43(41)54(45)42-19-18-36(25-34(42)5)35-15-11-10-12-16-35/h10-13,15-19,22-28,30,40H,14,20-21,29H2,1-9H3. The summed E-state index contributed by atoms with van der Waals surface area (Å²) >= 11 is 2.04. The molecule has 0 radical (unpaired) electrons. The van der Waals surface area contributed by atoms with Crippen molar-refractivity contribution in [2.75, 3.05) is 9.80 Å². The Hall–Kier alpha value is -4.54. The van der Waals surface area contributed by atoms with E-state index in [1.807, 2.05) is 11.3 Å². The average Bonchev–Trinajstić information content (AvgIpc) is 3.51. The molecule has 276 valence electrons. The SMILES string of the molecule is Cc1cc2c3c(c1)N(C1=CC(C)CC=C1)c1c(sc4cc(C)c(C)cc14)B3C1=C(CC3C(=C1)C(C)(C)CCC3(C)C)N2c1ccc(-c2ccccc2)cc1C. The highest BCUT2D eigenvalue weighted by molar-refractivity contribution is 7.33. The van der Waals surface area contributed by atoms with Gasteiger partial charge in [0.25, 0.3) is 6.71 Å². The first kappa shape index (κ1) is 34.9. The molecule has 0 bridgehead atoms. The fourth-order valence-corrected chi connectivity index (χ4v) is 12.1. The lowest BCUT2D eigenvalue weighted by molar-refractivity contribution is 0.121. The third-order valence-corrected chi connectivity index (χ3v) is 15.2. The zero-order valence-corrected chi connectivity index (χ0v) is 34.9. The van der Waals surface area contributed by atoms with Gasteiger partial charge in [-0.3, -0.25) is 0 Å². The van der Waals surface area contributed by atoms with Gasteiger partial charge >= 0.3 is 0 Å². The number of fused-ring (bicyclic) bond motifs is 6. The Morgan fingerprint density at radius 1 is 0.764 bits per heavy atom. The van der Waals surface area contributed by atoms with Crippen molar-refractivity contribution >= 4 is 61.1 Å². The highest BCUT2D eigenvalue weighted by atomic mass is 32.1. The summed E-state index contributed by atoms with van der Waals surface area (Å²) in [4.78, 5) is 5.39. The van der Waals surface area contributed by atoms with Crippen LogP contribution in [-0.4, -0.2) is 6.71 Å². The number of allylic oxidation sites excluding steroid dienone is 7. The maximum absolute atomic E-state index is 2.74. The summed E-state index contributed by atoms with van der Waals surface area (Å²) in [5.74, 6) is 0.989. The van der Waals surface area contributed by atoms with Crippen LogP contribution in [0.1, 0.15) is 82.6 Å². The normalized spacial score (nSPS) is 21.9. The van der Waals surface area contributed by atoms with Gasteiger partial charge in [0.1, 0.15) is 0 Å². The van der Waals surface area contributed by atoms with Crippen molar-refractivity contribution in [3.63, 3.8) is 0 Å². The van der Waals surface area contributed by atoms with E-state index in [9.17, 15) is 0 Å². The van der Waals surface area contributed by atoms with E-state index in [-0.39, 0.29) is 17.5 Å². The van der Waals surface area contributed by atoms with E-state index in [0.717, 1.165) is 12.8 Å². The number of anilines is 4. The first-order chi connectivity index (χ1) is 26.3. The summed E-state index contributed by atoms with van der Waals surface area (Å²) in [5, 5.41) is 1.39.